The number of nitrogens with zero attached hydrogens (tertiary/aromatic N) is 1. The molecule has 4 rings (SSSR count). The van der Waals surface area contributed by atoms with E-state index in [1.807, 2.05) is 18.2 Å². The molecule has 1 unspecified atom stereocenters. The number of anilines is 2. The molecule has 1 atom stereocenters. The second kappa shape index (κ2) is 8.08. The van der Waals surface area contributed by atoms with Crippen molar-refractivity contribution in [1.29, 1.82) is 0 Å². The second-order valence-corrected chi connectivity index (χ2v) is 7.64. The molecule has 1 amide bonds. The maximum atomic E-state index is 13.1. The zero-order chi connectivity index (χ0) is 20.4. The average molecular weight is 413 g/mol. The second-order valence-electron chi connectivity index (χ2n) is 6.61. The van der Waals surface area contributed by atoms with Gasteiger partial charge < -0.3 is 20.1 Å². The molecule has 2 heterocycles. The average Bonchev–Trinajstić information content (AvgIpc) is 3.15. The number of hydrogen-bond acceptors (Lipinski definition) is 6. The van der Waals surface area contributed by atoms with Gasteiger partial charge in [0, 0.05) is 19.4 Å². The molecule has 0 aliphatic carbocycles. The van der Waals surface area contributed by atoms with E-state index in [0.717, 1.165) is 21.1 Å². The van der Waals surface area contributed by atoms with Crippen LogP contribution in [0.25, 0.3) is 0 Å². The highest BCUT2D eigenvalue weighted by molar-refractivity contribution is 7.16. The van der Waals surface area contributed by atoms with E-state index in [2.05, 4.69) is 15.6 Å². The number of rotatable bonds is 6. The molecular formula is C21H20FN3O3S. The summed E-state index contributed by atoms with van der Waals surface area (Å²) >= 11 is 1.53. The maximum absolute atomic E-state index is 13.1. The van der Waals surface area contributed by atoms with Crippen LogP contribution >= 0.6 is 11.3 Å². The van der Waals surface area contributed by atoms with Crippen molar-refractivity contribution in [3.63, 3.8) is 0 Å². The summed E-state index contributed by atoms with van der Waals surface area (Å²) in [7, 11) is 3.38. The predicted octanol–water partition coefficient (Wildman–Crippen LogP) is 4.39. The van der Waals surface area contributed by atoms with Crippen LogP contribution in [0.1, 0.15) is 28.3 Å². The normalized spacial score (nSPS) is 15.4. The molecular weight excluding hydrogens is 393 g/mol. The van der Waals surface area contributed by atoms with E-state index in [9.17, 15) is 9.18 Å². The Labute approximate surface area is 171 Å². The van der Waals surface area contributed by atoms with E-state index in [1.165, 1.54) is 23.5 Å². The molecule has 0 fully saturated rings. The summed E-state index contributed by atoms with van der Waals surface area (Å²) in [5.41, 5.74) is 1.81. The van der Waals surface area contributed by atoms with Crippen molar-refractivity contribution in [2.24, 2.45) is 0 Å². The third-order valence-electron chi connectivity index (χ3n) is 4.73. The highest BCUT2D eigenvalue weighted by Crippen LogP contribution is 2.44. The molecule has 2 N–H and O–H groups in total. The van der Waals surface area contributed by atoms with E-state index < -0.39 is 0 Å². The number of amides is 1. The Morgan fingerprint density at radius 1 is 1.24 bits per heavy atom. The molecule has 6 nitrogen and oxygen atoms in total. The molecule has 0 saturated carbocycles. The number of thiazole rings is 1. The van der Waals surface area contributed by atoms with Crippen LogP contribution in [0.15, 0.2) is 42.5 Å². The summed E-state index contributed by atoms with van der Waals surface area (Å²) in [6, 6.07) is 11.8. The maximum Gasteiger partial charge on any atom is 0.226 e. The lowest BCUT2D eigenvalue weighted by Gasteiger charge is -2.22. The van der Waals surface area contributed by atoms with Crippen LogP contribution in [0.3, 0.4) is 0 Å². The summed E-state index contributed by atoms with van der Waals surface area (Å²) in [5.74, 6) is 1.33. The zero-order valence-corrected chi connectivity index (χ0v) is 16.8. The largest absolute Gasteiger partial charge is 0.493 e. The van der Waals surface area contributed by atoms with Crippen molar-refractivity contribution in [2.45, 2.75) is 18.9 Å². The lowest BCUT2D eigenvalue weighted by Crippen LogP contribution is -2.22. The molecule has 0 bridgehead atoms. The van der Waals surface area contributed by atoms with Gasteiger partial charge in [0.1, 0.15) is 18.2 Å². The molecule has 0 saturated heterocycles. The van der Waals surface area contributed by atoms with Crippen LogP contribution in [0, 0.1) is 5.82 Å². The van der Waals surface area contributed by atoms with Crippen molar-refractivity contribution >= 4 is 28.2 Å². The molecule has 8 heteroatoms. The molecule has 29 heavy (non-hydrogen) atoms. The molecule has 0 spiro atoms. The fourth-order valence-electron chi connectivity index (χ4n) is 3.26. The van der Waals surface area contributed by atoms with Crippen molar-refractivity contribution < 1.29 is 18.7 Å². The van der Waals surface area contributed by atoms with E-state index in [-0.39, 0.29) is 17.6 Å². The molecule has 0 radical (unpaired) electrons. The minimum absolute atomic E-state index is 0.0638. The predicted molar refractivity (Wildman–Crippen MR) is 110 cm³/mol. The number of carbonyl (C=O) groups is 1. The Morgan fingerprint density at radius 2 is 2.03 bits per heavy atom. The van der Waals surface area contributed by atoms with Gasteiger partial charge in [0.2, 0.25) is 5.91 Å². The van der Waals surface area contributed by atoms with Crippen LogP contribution in [-0.2, 0) is 11.4 Å². The smallest absolute Gasteiger partial charge is 0.226 e. The monoisotopic (exact) mass is 413 g/mol. The van der Waals surface area contributed by atoms with Gasteiger partial charge in [-0.1, -0.05) is 29.5 Å². The number of methoxy groups -OCH3 is 1. The highest BCUT2D eigenvalue weighted by atomic mass is 32.1. The summed E-state index contributed by atoms with van der Waals surface area (Å²) in [6.07, 6.45) is 0.345. The van der Waals surface area contributed by atoms with E-state index in [4.69, 9.17) is 9.47 Å². The van der Waals surface area contributed by atoms with Gasteiger partial charge in [0.05, 0.1) is 12.0 Å². The van der Waals surface area contributed by atoms with Crippen LogP contribution in [0.5, 0.6) is 11.5 Å². The van der Waals surface area contributed by atoms with E-state index >= 15 is 0 Å². The van der Waals surface area contributed by atoms with Crippen molar-refractivity contribution in [1.82, 2.24) is 4.98 Å². The number of carbonyl (C=O) groups excluding carboxylic acids is 1. The lowest BCUT2D eigenvalue weighted by molar-refractivity contribution is -0.116. The Balaban J connectivity index is 1.59. The number of fused-ring (bicyclic) bond motifs is 1. The Hall–Kier alpha value is -3.13. The number of hydrogen-bond donors (Lipinski definition) is 2. The summed E-state index contributed by atoms with van der Waals surface area (Å²) < 4.78 is 24.4. The van der Waals surface area contributed by atoms with Gasteiger partial charge in [-0.3, -0.25) is 4.79 Å². The van der Waals surface area contributed by atoms with Crippen LogP contribution in [0.2, 0.25) is 0 Å². The highest BCUT2D eigenvalue weighted by Gasteiger charge is 2.30. The van der Waals surface area contributed by atoms with Gasteiger partial charge in [-0.25, -0.2) is 9.37 Å². The zero-order valence-electron chi connectivity index (χ0n) is 16.0. The van der Waals surface area contributed by atoms with Gasteiger partial charge >= 0.3 is 0 Å². The summed E-state index contributed by atoms with van der Waals surface area (Å²) in [4.78, 5) is 17.6. The number of halogens is 1. The van der Waals surface area contributed by atoms with E-state index in [1.54, 1.807) is 26.3 Å². The van der Waals surface area contributed by atoms with Crippen molar-refractivity contribution in [2.75, 3.05) is 24.8 Å². The van der Waals surface area contributed by atoms with Crippen LogP contribution in [0.4, 0.5) is 15.3 Å². The first-order chi connectivity index (χ1) is 14.1. The molecule has 150 valence electrons. The molecule has 1 aromatic heterocycles. The fourth-order valence-corrected chi connectivity index (χ4v) is 4.26. The SMILES string of the molecule is CNc1nc2c(s1)C(c1ccc(OCc3ccc(F)cc3)c(OC)c1)CC(=O)N2. The van der Waals surface area contributed by atoms with Gasteiger partial charge in [-0.2, -0.15) is 0 Å². The van der Waals surface area contributed by atoms with Crippen molar-refractivity contribution in [3.8, 4) is 11.5 Å². The first-order valence-electron chi connectivity index (χ1n) is 9.11. The number of ether oxygens (including phenoxy) is 2. The van der Waals surface area contributed by atoms with Crippen LogP contribution in [-0.4, -0.2) is 25.0 Å². The quantitative estimate of drug-likeness (QED) is 0.627. The molecule has 1 aliphatic heterocycles. The Bertz CT molecular complexity index is 1040. The molecule has 3 aromatic rings. The number of aromatic nitrogens is 1. The van der Waals surface area contributed by atoms with Gasteiger partial charge in [-0.15, -0.1) is 0 Å². The lowest BCUT2D eigenvalue weighted by atomic mass is 9.91. The topological polar surface area (TPSA) is 72.5 Å². The van der Waals surface area contributed by atoms with E-state index in [0.29, 0.717) is 30.3 Å². The third-order valence-corrected chi connectivity index (χ3v) is 5.92. The van der Waals surface area contributed by atoms with Crippen molar-refractivity contribution in [3.05, 3.63) is 64.3 Å². The number of nitrogens with one attached hydrogen (secondary N) is 2. The first kappa shape index (κ1) is 19.2. The van der Waals surface area contributed by atoms with Gasteiger partial charge in [0.25, 0.3) is 0 Å². The minimum Gasteiger partial charge on any atom is -0.493 e. The third kappa shape index (κ3) is 4.02. The summed E-state index contributed by atoms with van der Waals surface area (Å²) in [6.45, 7) is 0.298. The summed E-state index contributed by atoms with van der Waals surface area (Å²) in [5, 5.41) is 6.62. The molecule has 1 aliphatic rings. The standard InChI is InChI=1S/C21H20FN3O3S/c1-23-21-25-20-19(29-21)15(10-18(26)24-20)13-5-8-16(17(9-13)27-2)28-11-12-3-6-14(22)7-4-12/h3-9,15H,10-11H2,1-2H3,(H,23,25)(H,24,26). The Morgan fingerprint density at radius 3 is 2.76 bits per heavy atom. The first-order valence-corrected chi connectivity index (χ1v) is 9.92. The van der Waals surface area contributed by atoms with Crippen LogP contribution < -0.4 is 20.1 Å². The van der Waals surface area contributed by atoms with Gasteiger partial charge in [0.15, 0.2) is 16.6 Å². The fraction of sp³-hybridized carbons (Fsp3) is 0.238. The number of benzene rings is 2. The Kier molecular flexibility index (Phi) is 5.35. The molecule has 2 aromatic carbocycles. The van der Waals surface area contributed by atoms with Gasteiger partial charge in [-0.05, 0) is 35.4 Å². The minimum atomic E-state index is -0.281.